The first-order valence-corrected chi connectivity index (χ1v) is 15.3. The predicted molar refractivity (Wildman–Crippen MR) is 148 cm³/mol. The number of aliphatic carboxylic acids is 1. The number of imidazole rings is 1. The molecule has 2 fully saturated rings. The molecule has 0 spiro atoms. The molecule has 2 aliphatic rings. The van der Waals surface area contributed by atoms with Crippen LogP contribution in [0.5, 0.6) is 5.75 Å². The van der Waals surface area contributed by atoms with E-state index in [1.165, 1.54) is 11.7 Å². The molecule has 254 valence electrons. The molecular weight excluding hydrogens is 663 g/mol. The molecule has 0 radical (unpaired) electrons. The zero-order chi connectivity index (χ0) is 34.8. The van der Waals surface area contributed by atoms with Crippen LogP contribution in [0.25, 0.3) is 11.8 Å². The van der Waals surface area contributed by atoms with Crippen LogP contribution in [0, 0.1) is 24.4 Å². The van der Waals surface area contributed by atoms with Gasteiger partial charge in [0.2, 0.25) is 6.73 Å². The molecule has 3 heterocycles. The number of hydrogen-bond donors (Lipinski definition) is 2. The maximum absolute atomic E-state index is 13.9. The fraction of sp³-hybridized carbons (Fsp3) is 0.345. The SMILES string of the molecule is COc1cc(/C=C2\CC[C@H]3CC[C@@H](c4cc(F)c(F)c(F)c4)N3C2=O)ccc1-n1cc(C)[n+](COP(=O)(O)O)c1.O=C([O-])C(F)(F)F. The quantitative estimate of drug-likeness (QED) is 0.125. The monoisotopic (exact) mass is 691 g/mol. The van der Waals surface area contributed by atoms with Gasteiger partial charge in [0.05, 0.1) is 13.2 Å². The molecular formula is C29H28F6N3O8P. The standard InChI is InChI=1S/C27H27F3N3O6P.C2HF3O2/c1-16-13-31(14-32(16)15-39-40(35,36)37)24-7-3-17(10-25(24)38-2)9-18-4-5-20-6-8-23(33(20)27(18)34)19-11-21(28)26(30)22(29)12-19;3-2(4,5)1(6)7/h3,7,9-14,20,23H,4-6,8,15H2,1-2H3,(H-,35,36,37);(H,6,7)/b18-9+;/t20-,23-;/m0./s1. The van der Waals surface area contributed by atoms with Gasteiger partial charge in [0, 0.05) is 18.5 Å². The number of phosphoric acid groups is 1. The number of piperidine rings is 1. The second kappa shape index (κ2) is 13.9. The molecule has 18 heteroatoms. The first-order chi connectivity index (χ1) is 21.9. The number of benzene rings is 2. The molecule has 0 aliphatic carbocycles. The number of fused-ring (bicyclic) bond motifs is 1. The summed E-state index contributed by atoms with van der Waals surface area (Å²) in [7, 11) is -3.13. The number of ether oxygens (including phenoxy) is 1. The largest absolute Gasteiger partial charge is 0.542 e. The normalized spacial score (nSPS) is 19.0. The third-order valence-corrected chi connectivity index (χ3v) is 8.06. The number of halogens is 6. The summed E-state index contributed by atoms with van der Waals surface area (Å²) in [4.78, 5) is 42.0. The topological polar surface area (TPSA) is 145 Å². The molecule has 0 unspecified atom stereocenters. The van der Waals surface area contributed by atoms with Crippen LogP contribution in [0.15, 0.2) is 48.4 Å². The maximum Gasteiger partial charge on any atom is 0.472 e. The third-order valence-electron chi connectivity index (χ3n) is 7.61. The molecule has 2 aromatic carbocycles. The lowest BCUT2D eigenvalue weighted by molar-refractivity contribution is -0.730. The van der Waals surface area contributed by atoms with Crippen molar-refractivity contribution in [3.8, 4) is 11.4 Å². The van der Waals surface area contributed by atoms with E-state index in [1.54, 1.807) is 47.1 Å². The lowest BCUT2D eigenvalue weighted by Crippen LogP contribution is -2.41. The van der Waals surface area contributed by atoms with E-state index in [4.69, 9.17) is 24.4 Å². The molecule has 2 saturated heterocycles. The van der Waals surface area contributed by atoms with Gasteiger partial charge in [-0.3, -0.25) is 4.79 Å². The van der Waals surface area contributed by atoms with Gasteiger partial charge in [-0.1, -0.05) is 6.07 Å². The minimum Gasteiger partial charge on any atom is -0.542 e. The van der Waals surface area contributed by atoms with E-state index < -0.39 is 43.5 Å². The summed E-state index contributed by atoms with van der Waals surface area (Å²) in [6.45, 7) is 1.42. The number of carbonyl (C=O) groups is 2. The van der Waals surface area contributed by atoms with Crippen molar-refractivity contribution in [1.82, 2.24) is 9.47 Å². The Labute approximate surface area is 263 Å². The molecule has 2 aliphatic heterocycles. The van der Waals surface area contributed by atoms with Crippen molar-refractivity contribution in [3.63, 3.8) is 0 Å². The molecule has 2 N–H and O–H groups in total. The molecule has 0 saturated carbocycles. The number of aromatic nitrogens is 2. The maximum atomic E-state index is 13.9. The van der Waals surface area contributed by atoms with Crippen molar-refractivity contribution in [2.45, 2.75) is 57.6 Å². The first kappa shape index (κ1) is 35.7. The first-order valence-electron chi connectivity index (χ1n) is 13.8. The summed E-state index contributed by atoms with van der Waals surface area (Å²) in [6.07, 6.45) is 2.41. The van der Waals surface area contributed by atoms with Gasteiger partial charge in [-0.25, -0.2) is 26.8 Å². The Morgan fingerprint density at radius 3 is 2.34 bits per heavy atom. The van der Waals surface area contributed by atoms with Crippen molar-refractivity contribution in [2.24, 2.45) is 0 Å². The number of aryl methyl sites for hydroxylation is 1. The Hall–Kier alpha value is -4.18. The lowest BCUT2D eigenvalue weighted by atomic mass is 9.95. The van der Waals surface area contributed by atoms with Crippen LogP contribution in [0.3, 0.4) is 0 Å². The number of hydrogen-bond acceptors (Lipinski definition) is 6. The Kier molecular flexibility index (Phi) is 10.5. The van der Waals surface area contributed by atoms with Gasteiger partial charge in [0.1, 0.15) is 17.9 Å². The minimum atomic E-state index is -5.19. The van der Waals surface area contributed by atoms with Gasteiger partial charge in [-0.2, -0.15) is 17.7 Å². The van der Waals surface area contributed by atoms with Gasteiger partial charge >= 0.3 is 14.0 Å². The highest BCUT2D eigenvalue weighted by molar-refractivity contribution is 7.46. The van der Waals surface area contributed by atoms with Crippen molar-refractivity contribution in [1.29, 1.82) is 0 Å². The van der Waals surface area contributed by atoms with Crippen LogP contribution in [-0.4, -0.2) is 50.5 Å². The van der Waals surface area contributed by atoms with Gasteiger partial charge in [0.15, 0.2) is 28.9 Å². The van der Waals surface area contributed by atoms with Crippen LogP contribution in [0.4, 0.5) is 26.3 Å². The van der Waals surface area contributed by atoms with Crippen LogP contribution >= 0.6 is 7.82 Å². The zero-order valence-electron chi connectivity index (χ0n) is 24.7. The number of methoxy groups -OCH3 is 1. The van der Waals surface area contributed by atoms with E-state index in [0.717, 1.165) is 12.1 Å². The van der Waals surface area contributed by atoms with Crippen LogP contribution in [-0.2, 0) is 25.4 Å². The summed E-state index contributed by atoms with van der Waals surface area (Å²) in [5.74, 6) is -6.82. The number of carbonyl (C=O) groups excluding carboxylic acids is 2. The minimum absolute atomic E-state index is 0.0547. The van der Waals surface area contributed by atoms with E-state index in [-0.39, 0.29) is 24.2 Å². The molecule has 47 heavy (non-hydrogen) atoms. The summed E-state index contributed by atoms with van der Waals surface area (Å²) in [6, 6.07) is 6.69. The van der Waals surface area contributed by atoms with E-state index >= 15 is 0 Å². The van der Waals surface area contributed by atoms with Crippen LogP contribution < -0.4 is 14.4 Å². The molecule has 11 nitrogen and oxygen atoms in total. The fourth-order valence-electron chi connectivity index (χ4n) is 5.45. The Balaban J connectivity index is 0.000000644. The molecule has 0 bridgehead atoms. The van der Waals surface area contributed by atoms with Gasteiger partial charge in [0.25, 0.3) is 12.2 Å². The average molecular weight is 692 g/mol. The van der Waals surface area contributed by atoms with Crippen molar-refractivity contribution < 1.29 is 69.2 Å². The van der Waals surface area contributed by atoms with E-state index in [9.17, 15) is 35.7 Å². The second-order valence-corrected chi connectivity index (χ2v) is 11.9. The Bertz CT molecular complexity index is 1730. The fourth-order valence-corrected chi connectivity index (χ4v) is 5.72. The summed E-state index contributed by atoms with van der Waals surface area (Å²) in [5.41, 5.74) is 2.83. The summed E-state index contributed by atoms with van der Waals surface area (Å²) >= 11 is 0. The van der Waals surface area contributed by atoms with Crippen LogP contribution in [0.2, 0.25) is 0 Å². The van der Waals surface area contributed by atoms with Gasteiger partial charge in [-0.15, -0.1) is 0 Å². The Morgan fingerprint density at radius 1 is 1.13 bits per heavy atom. The highest BCUT2D eigenvalue weighted by Crippen LogP contribution is 2.43. The molecule has 1 aromatic heterocycles. The number of carboxylic acids is 1. The lowest BCUT2D eigenvalue weighted by Gasteiger charge is -2.35. The van der Waals surface area contributed by atoms with Crippen LogP contribution in [0.1, 0.15) is 48.5 Å². The van der Waals surface area contributed by atoms with Crippen molar-refractivity contribution in [3.05, 3.63) is 82.7 Å². The molecule has 1 amide bonds. The molecule has 5 rings (SSSR count). The average Bonchev–Trinajstić information content (AvgIpc) is 3.59. The van der Waals surface area contributed by atoms with E-state index in [2.05, 4.69) is 4.52 Å². The predicted octanol–water partition coefficient (Wildman–Crippen LogP) is 3.77. The second-order valence-electron chi connectivity index (χ2n) is 10.7. The van der Waals surface area contributed by atoms with Crippen molar-refractivity contribution in [2.75, 3.05) is 7.11 Å². The third kappa shape index (κ3) is 8.41. The number of carboxylic acid groups (broad SMARTS) is 1. The number of phosphoric ester groups is 1. The molecule has 2 atom stereocenters. The number of amides is 1. The highest BCUT2D eigenvalue weighted by Gasteiger charge is 2.42. The number of rotatable bonds is 7. The smallest absolute Gasteiger partial charge is 0.472 e. The van der Waals surface area contributed by atoms with E-state index in [1.807, 2.05) is 6.07 Å². The number of nitrogens with zero attached hydrogens (tertiary/aromatic N) is 3. The highest BCUT2D eigenvalue weighted by atomic mass is 31.2. The summed E-state index contributed by atoms with van der Waals surface area (Å²) in [5, 5.41) is 8.78. The van der Waals surface area contributed by atoms with Gasteiger partial charge in [-0.05, 0) is 67.2 Å². The van der Waals surface area contributed by atoms with Crippen molar-refractivity contribution >= 4 is 25.8 Å². The molecule has 3 aromatic rings. The van der Waals surface area contributed by atoms with Gasteiger partial charge < -0.3 is 29.3 Å². The number of alkyl halides is 3. The zero-order valence-corrected chi connectivity index (χ0v) is 25.6. The Morgan fingerprint density at radius 2 is 1.77 bits per heavy atom. The van der Waals surface area contributed by atoms with E-state index in [0.29, 0.717) is 54.0 Å². The summed E-state index contributed by atoms with van der Waals surface area (Å²) < 4.78 is 97.4.